The van der Waals surface area contributed by atoms with Crippen LogP contribution in [-0.2, 0) is 0 Å². The molecule has 0 amide bonds. The van der Waals surface area contributed by atoms with Gasteiger partial charge in [0.15, 0.2) is 0 Å². The van der Waals surface area contributed by atoms with E-state index in [1.807, 2.05) is 17.0 Å². The standard InChI is InChI=1S/C14H18N4/c1-17-8-3-2-4-13(17)12-5-6-14(16-10-12)18-9-7-15-11-18/h5-7,9-11,13H,2-4,8H2,1H3/t13-/m1/s1. The lowest BCUT2D eigenvalue weighted by Crippen LogP contribution is -2.29. The van der Waals surface area contributed by atoms with Crippen LogP contribution in [0.2, 0.25) is 0 Å². The van der Waals surface area contributed by atoms with Crippen LogP contribution < -0.4 is 0 Å². The van der Waals surface area contributed by atoms with Crippen molar-refractivity contribution in [3.63, 3.8) is 0 Å². The van der Waals surface area contributed by atoms with Crippen molar-refractivity contribution < 1.29 is 0 Å². The molecule has 1 atom stereocenters. The molecular weight excluding hydrogens is 224 g/mol. The number of hydrogen-bond donors (Lipinski definition) is 0. The monoisotopic (exact) mass is 242 g/mol. The zero-order valence-corrected chi connectivity index (χ0v) is 10.7. The summed E-state index contributed by atoms with van der Waals surface area (Å²) < 4.78 is 1.92. The molecule has 3 rings (SSSR count). The second kappa shape index (κ2) is 4.90. The highest BCUT2D eigenvalue weighted by molar-refractivity contribution is 5.27. The normalized spacial score (nSPS) is 21.1. The van der Waals surface area contributed by atoms with E-state index in [9.17, 15) is 0 Å². The first-order valence-electron chi connectivity index (χ1n) is 6.49. The summed E-state index contributed by atoms with van der Waals surface area (Å²) in [5.74, 6) is 0.926. The number of imidazole rings is 1. The number of piperidine rings is 1. The summed E-state index contributed by atoms with van der Waals surface area (Å²) in [7, 11) is 2.20. The van der Waals surface area contributed by atoms with Gasteiger partial charge in [0.05, 0.1) is 0 Å². The number of aromatic nitrogens is 3. The van der Waals surface area contributed by atoms with Crippen molar-refractivity contribution >= 4 is 0 Å². The van der Waals surface area contributed by atoms with Gasteiger partial charge >= 0.3 is 0 Å². The Hall–Kier alpha value is -1.68. The van der Waals surface area contributed by atoms with Gasteiger partial charge in [-0.1, -0.05) is 12.5 Å². The molecular formula is C14H18N4. The van der Waals surface area contributed by atoms with E-state index in [-0.39, 0.29) is 0 Å². The van der Waals surface area contributed by atoms with E-state index in [0.717, 1.165) is 5.82 Å². The Labute approximate surface area is 107 Å². The topological polar surface area (TPSA) is 34.0 Å². The molecule has 0 saturated carbocycles. The van der Waals surface area contributed by atoms with E-state index in [4.69, 9.17) is 0 Å². The maximum atomic E-state index is 4.53. The van der Waals surface area contributed by atoms with Crippen molar-refractivity contribution in [3.05, 3.63) is 42.6 Å². The zero-order chi connectivity index (χ0) is 12.4. The Bertz CT molecular complexity index is 489. The lowest BCUT2D eigenvalue weighted by Gasteiger charge is -2.32. The molecule has 94 valence electrons. The van der Waals surface area contributed by atoms with Gasteiger partial charge in [-0.05, 0) is 38.1 Å². The van der Waals surface area contributed by atoms with E-state index in [2.05, 4.69) is 34.0 Å². The second-order valence-electron chi connectivity index (χ2n) is 4.91. The predicted octanol–water partition coefficient (Wildman–Crippen LogP) is 2.42. The Morgan fingerprint density at radius 1 is 1.28 bits per heavy atom. The van der Waals surface area contributed by atoms with Crippen molar-refractivity contribution in [3.8, 4) is 5.82 Å². The van der Waals surface area contributed by atoms with Gasteiger partial charge in [-0.25, -0.2) is 9.97 Å². The Balaban J connectivity index is 1.82. The van der Waals surface area contributed by atoms with E-state index in [1.54, 1.807) is 12.5 Å². The molecule has 0 aliphatic carbocycles. The molecule has 0 aromatic carbocycles. The zero-order valence-electron chi connectivity index (χ0n) is 10.7. The van der Waals surface area contributed by atoms with Crippen molar-refractivity contribution in [2.45, 2.75) is 25.3 Å². The maximum absolute atomic E-state index is 4.53. The minimum Gasteiger partial charge on any atom is -0.299 e. The van der Waals surface area contributed by atoms with Crippen LogP contribution in [0.25, 0.3) is 5.82 Å². The molecule has 0 N–H and O–H groups in total. The van der Waals surface area contributed by atoms with Crippen molar-refractivity contribution in [1.82, 2.24) is 19.4 Å². The molecule has 0 radical (unpaired) electrons. The highest BCUT2D eigenvalue weighted by atomic mass is 15.1. The first kappa shape index (κ1) is 11.4. The molecule has 0 unspecified atom stereocenters. The second-order valence-corrected chi connectivity index (χ2v) is 4.91. The molecule has 0 bridgehead atoms. The molecule has 4 nitrogen and oxygen atoms in total. The maximum Gasteiger partial charge on any atom is 0.137 e. The number of rotatable bonds is 2. The fourth-order valence-corrected chi connectivity index (χ4v) is 2.64. The molecule has 1 saturated heterocycles. The Morgan fingerprint density at radius 2 is 2.22 bits per heavy atom. The highest BCUT2D eigenvalue weighted by Crippen LogP contribution is 2.29. The van der Waals surface area contributed by atoms with Crippen LogP contribution in [0.3, 0.4) is 0 Å². The third-order valence-electron chi connectivity index (χ3n) is 3.69. The first-order valence-corrected chi connectivity index (χ1v) is 6.49. The summed E-state index contributed by atoms with van der Waals surface area (Å²) in [6.07, 6.45) is 11.3. The third kappa shape index (κ3) is 2.16. The van der Waals surface area contributed by atoms with E-state index >= 15 is 0 Å². The molecule has 4 heteroatoms. The van der Waals surface area contributed by atoms with Crippen LogP contribution in [0, 0.1) is 0 Å². The molecule has 1 fully saturated rings. The minimum absolute atomic E-state index is 0.531. The molecule has 2 aromatic heterocycles. The number of likely N-dealkylation sites (tertiary alicyclic amines) is 1. The van der Waals surface area contributed by atoms with Gasteiger partial charge in [0.25, 0.3) is 0 Å². The third-order valence-corrected chi connectivity index (χ3v) is 3.69. The van der Waals surface area contributed by atoms with Gasteiger partial charge in [0.2, 0.25) is 0 Å². The van der Waals surface area contributed by atoms with Gasteiger partial charge in [-0.15, -0.1) is 0 Å². The lowest BCUT2D eigenvalue weighted by atomic mass is 9.97. The fourth-order valence-electron chi connectivity index (χ4n) is 2.64. The molecule has 2 aromatic rings. The SMILES string of the molecule is CN1CCCC[C@@H]1c1ccc(-n2ccnc2)nc1. The Morgan fingerprint density at radius 3 is 2.89 bits per heavy atom. The molecule has 0 spiro atoms. The van der Waals surface area contributed by atoms with Gasteiger partial charge in [0.1, 0.15) is 12.1 Å². The highest BCUT2D eigenvalue weighted by Gasteiger charge is 2.20. The van der Waals surface area contributed by atoms with Gasteiger partial charge < -0.3 is 0 Å². The van der Waals surface area contributed by atoms with Crippen LogP contribution in [-0.4, -0.2) is 33.0 Å². The van der Waals surface area contributed by atoms with Crippen LogP contribution in [0.4, 0.5) is 0 Å². The average molecular weight is 242 g/mol. The summed E-state index contributed by atoms with van der Waals surface area (Å²) in [4.78, 5) is 11.0. The quantitative estimate of drug-likeness (QED) is 0.811. The van der Waals surface area contributed by atoms with E-state index < -0.39 is 0 Å². The summed E-state index contributed by atoms with van der Waals surface area (Å²) >= 11 is 0. The molecule has 1 aliphatic rings. The van der Waals surface area contributed by atoms with E-state index in [0.29, 0.717) is 6.04 Å². The summed E-state index contributed by atoms with van der Waals surface area (Å²) in [6.45, 7) is 1.19. The van der Waals surface area contributed by atoms with Crippen LogP contribution in [0.15, 0.2) is 37.1 Å². The smallest absolute Gasteiger partial charge is 0.137 e. The van der Waals surface area contributed by atoms with Crippen LogP contribution in [0.5, 0.6) is 0 Å². The summed E-state index contributed by atoms with van der Waals surface area (Å²) in [6, 6.07) is 4.79. The van der Waals surface area contributed by atoms with Crippen LogP contribution in [0.1, 0.15) is 30.9 Å². The van der Waals surface area contributed by atoms with Gasteiger partial charge in [-0.3, -0.25) is 9.47 Å². The first-order chi connectivity index (χ1) is 8.84. The molecule has 3 heterocycles. The van der Waals surface area contributed by atoms with Crippen molar-refractivity contribution in [2.24, 2.45) is 0 Å². The summed E-state index contributed by atoms with van der Waals surface area (Å²) in [5, 5.41) is 0. The average Bonchev–Trinajstić information content (AvgIpc) is 2.94. The lowest BCUT2D eigenvalue weighted by molar-refractivity contribution is 0.187. The predicted molar refractivity (Wildman–Crippen MR) is 70.6 cm³/mol. The number of pyridine rings is 1. The molecule has 1 aliphatic heterocycles. The van der Waals surface area contributed by atoms with Crippen molar-refractivity contribution in [2.75, 3.05) is 13.6 Å². The minimum atomic E-state index is 0.531. The Kier molecular flexibility index (Phi) is 3.11. The number of hydrogen-bond acceptors (Lipinski definition) is 3. The van der Waals surface area contributed by atoms with Gasteiger partial charge in [-0.2, -0.15) is 0 Å². The van der Waals surface area contributed by atoms with Crippen LogP contribution >= 0.6 is 0 Å². The number of nitrogens with zero attached hydrogens (tertiary/aromatic N) is 4. The van der Waals surface area contributed by atoms with E-state index in [1.165, 1.54) is 31.4 Å². The molecule has 18 heavy (non-hydrogen) atoms. The fraction of sp³-hybridized carbons (Fsp3) is 0.429. The van der Waals surface area contributed by atoms with Gasteiger partial charge in [0, 0.05) is 24.6 Å². The van der Waals surface area contributed by atoms with Crippen molar-refractivity contribution in [1.29, 1.82) is 0 Å². The largest absolute Gasteiger partial charge is 0.299 e. The summed E-state index contributed by atoms with van der Waals surface area (Å²) in [5.41, 5.74) is 1.32.